The van der Waals surface area contributed by atoms with Crippen LogP contribution in [0.15, 0.2) is 34.1 Å². The molecule has 4 heteroatoms. The van der Waals surface area contributed by atoms with Crippen LogP contribution in [-0.4, -0.2) is 0 Å². The lowest BCUT2D eigenvalue weighted by atomic mass is 10.1. The van der Waals surface area contributed by atoms with Gasteiger partial charge in [0, 0.05) is 11.4 Å². The van der Waals surface area contributed by atoms with Crippen molar-refractivity contribution in [1.29, 1.82) is 5.26 Å². The van der Waals surface area contributed by atoms with Gasteiger partial charge in [-0.05, 0) is 52.7 Å². The highest BCUT2D eigenvalue weighted by Gasteiger charge is 2.03. The molecule has 1 aromatic heterocycles. The molecule has 0 aliphatic rings. The van der Waals surface area contributed by atoms with E-state index in [0.29, 0.717) is 5.56 Å². The highest BCUT2D eigenvalue weighted by atomic mass is 79.9. The molecule has 0 aliphatic carbocycles. The third-order valence-corrected chi connectivity index (χ3v) is 4.00. The largest absolute Gasteiger partial charge is 0.379 e. The zero-order valence-corrected chi connectivity index (χ0v) is 11.7. The minimum Gasteiger partial charge on any atom is -0.379 e. The van der Waals surface area contributed by atoms with Crippen molar-refractivity contribution in [3.8, 4) is 6.07 Å². The first-order valence-electron chi connectivity index (χ1n) is 5.18. The molecule has 0 amide bonds. The molecule has 0 bridgehead atoms. The number of rotatable bonds is 3. The van der Waals surface area contributed by atoms with E-state index in [2.05, 4.69) is 33.4 Å². The monoisotopic (exact) mass is 306 g/mol. The van der Waals surface area contributed by atoms with Gasteiger partial charge in [-0.1, -0.05) is 6.07 Å². The van der Waals surface area contributed by atoms with Gasteiger partial charge in [-0.2, -0.15) is 5.26 Å². The van der Waals surface area contributed by atoms with Crippen LogP contribution in [0.4, 0.5) is 5.69 Å². The lowest BCUT2D eigenvalue weighted by Crippen LogP contribution is -1.99. The van der Waals surface area contributed by atoms with Crippen LogP contribution < -0.4 is 5.32 Å². The summed E-state index contributed by atoms with van der Waals surface area (Å²) in [7, 11) is 0. The van der Waals surface area contributed by atoms with Crippen LogP contribution in [0.5, 0.6) is 0 Å². The number of nitrogens with zero attached hydrogens (tertiary/aromatic N) is 1. The third kappa shape index (κ3) is 3.09. The minimum absolute atomic E-state index is 0.695. The summed E-state index contributed by atoms with van der Waals surface area (Å²) >= 11 is 5.13. The molecule has 2 aromatic rings. The van der Waals surface area contributed by atoms with Gasteiger partial charge in [-0.3, -0.25) is 0 Å². The van der Waals surface area contributed by atoms with Crippen molar-refractivity contribution >= 4 is 33.0 Å². The highest BCUT2D eigenvalue weighted by molar-refractivity contribution is 9.11. The SMILES string of the molecule is Cc1ccc(NCc2ccc(Br)s2)c(C#N)c1. The quantitative estimate of drug-likeness (QED) is 0.917. The average molecular weight is 307 g/mol. The van der Waals surface area contributed by atoms with Crippen molar-refractivity contribution in [2.45, 2.75) is 13.5 Å². The maximum atomic E-state index is 9.05. The number of aryl methyl sites for hydroxylation is 1. The van der Waals surface area contributed by atoms with Crippen LogP contribution in [0.3, 0.4) is 0 Å². The number of nitriles is 1. The van der Waals surface area contributed by atoms with Gasteiger partial charge in [0.1, 0.15) is 6.07 Å². The maximum absolute atomic E-state index is 9.05. The van der Waals surface area contributed by atoms with E-state index >= 15 is 0 Å². The van der Waals surface area contributed by atoms with Gasteiger partial charge >= 0.3 is 0 Å². The number of halogens is 1. The van der Waals surface area contributed by atoms with Gasteiger partial charge in [-0.25, -0.2) is 0 Å². The van der Waals surface area contributed by atoms with Crippen LogP contribution in [0, 0.1) is 18.3 Å². The molecule has 2 rings (SSSR count). The molecular formula is C13H11BrN2S. The summed E-state index contributed by atoms with van der Waals surface area (Å²) in [6.07, 6.45) is 0. The predicted octanol–water partition coefficient (Wildman–Crippen LogP) is 4.30. The molecular weight excluding hydrogens is 296 g/mol. The first kappa shape index (κ1) is 12.2. The van der Waals surface area contributed by atoms with Crippen LogP contribution in [-0.2, 0) is 6.54 Å². The Balaban J connectivity index is 2.12. The standard InChI is InChI=1S/C13H11BrN2S/c1-9-2-4-12(10(6-9)7-15)16-8-11-3-5-13(14)17-11/h2-6,16H,8H2,1H3. The maximum Gasteiger partial charge on any atom is 0.101 e. The molecule has 1 N–H and O–H groups in total. The second-order valence-electron chi connectivity index (χ2n) is 3.72. The van der Waals surface area contributed by atoms with Gasteiger partial charge in [0.05, 0.1) is 15.0 Å². The summed E-state index contributed by atoms with van der Waals surface area (Å²) in [6, 6.07) is 12.2. The fourth-order valence-electron chi connectivity index (χ4n) is 1.53. The van der Waals surface area contributed by atoms with Crippen molar-refractivity contribution in [1.82, 2.24) is 0 Å². The van der Waals surface area contributed by atoms with E-state index in [1.807, 2.05) is 31.2 Å². The summed E-state index contributed by atoms with van der Waals surface area (Å²) in [5, 5.41) is 12.3. The average Bonchev–Trinajstić information content (AvgIpc) is 2.73. The van der Waals surface area contributed by atoms with E-state index in [1.54, 1.807) is 11.3 Å². The fourth-order valence-corrected chi connectivity index (χ4v) is 2.96. The lowest BCUT2D eigenvalue weighted by Gasteiger charge is -2.07. The molecule has 1 heterocycles. The van der Waals surface area contributed by atoms with E-state index in [4.69, 9.17) is 5.26 Å². The summed E-state index contributed by atoms with van der Waals surface area (Å²) in [4.78, 5) is 1.24. The fraction of sp³-hybridized carbons (Fsp3) is 0.154. The number of hydrogen-bond donors (Lipinski definition) is 1. The van der Waals surface area contributed by atoms with Gasteiger partial charge in [0.2, 0.25) is 0 Å². The predicted molar refractivity (Wildman–Crippen MR) is 75.2 cm³/mol. The lowest BCUT2D eigenvalue weighted by molar-refractivity contribution is 1.18. The number of thiophene rings is 1. The summed E-state index contributed by atoms with van der Waals surface area (Å²) in [5.74, 6) is 0. The van der Waals surface area contributed by atoms with E-state index in [9.17, 15) is 0 Å². The zero-order chi connectivity index (χ0) is 12.3. The molecule has 0 saturated heterocycles. The van der Waals surface area contributed by atoms with Crippen LogP contribution in [0.2, 0.25) is 0 Å². The molecule has 86 valence electrons. The molecule has 0 unspecified atom stereocenters. The normalized spacial score (nSPS) is 9.94. The molecule has 0 atom stereocenters. The van der Waals surface area contributed by atoms with Crippen LogP contribution >= 0.6 is 27.3 Å². The number of anilines is 1. The van der Waals surface area contributed by atoms with Gasteiger partial charge in [-0.15, -0.1) is 11.3 Å². The Morgan fingerprint density at radius 2 is 2.18 bits per heavy atom. The summed E-state index contributed by atoms with van der Waals surface area (Å²) in [5.41, 5.74) is 2.69. The van der Waals surface area contributed by atoms with Crippen molar-refractivity contribution in [2.75, 3.05) is 5.32 Å². The second-order valence-corrected chi connectivity index (χ2v) is 6.27. The molecule has 17 heavy (non-hydrogen) atoms. The van der Waals surface area contributed by atoms with Crippen LogP contribution in [0.25, 0.3) is 0 Å². The molecule has 1 aromatic carbocycles. The first-order valence-corrected chi connectivity index (χ1v) is 6.79. The van der Waals surface area contributed by atoms with Crippen molar-refractivity contribution in [3.05, 3.63) is 50.1 Å². The van der Waals surface area contributed by atoms with Gasteiger partial charge in [0.15, 0.2) is 0 Å². The van der Waals surface area contributed by atoms with E-state index in [0.717, 1.165) is 21.6 Å². The van der Waals surface area contributed by atoms with E-state index < -0.39 is 0 Å². The Morgan fingerprint density at radius 1 is 1.35 bits per heavy atom. The Labute approximate surface area is 113 Å². The molecule has 2 nitrogen and oxygen atoms in total. The van der Waals surface area contributed by atoms with Crippen molar-refractivity contribution in [2.24, 2.45) is 0 Å². The van der Waals surface area contributed by atoms with Gasteiger partial charge in [0.25, 0.3) is 0 Å². The van der Waals surface area contributed by atoms with E-state index in [-0.39, 0.29) is 0 Å². The molecule has 0 fully saturated rings. The molecule has 0 aliphatic heterocycles. The Morgan fingerprint density at radius 3 is 2.82 bits per heavy atom. The molecule has 0 spiro atoms. The Bertz CT molecular complexity index is 569. The Kier molecular flexibility index (Phi) is 3.82. The van der Waals surface area contributed by atoms with Crippen LogP contribution in [0.1, 0.15) is 16.0 Å². The topological polar surface area (TPSA) is 35.8 Å². The summed E-state index contributed by atoms with van der Waals surface area (Å²) in [6.45, 7) is 2.73. The second kappa shape index (κ2) is 5.35. The number of benzene rings is 1. The van der Waals surface area contributed by atoms with E-state index in [1.165, 1.54) is 4.88 Å². The zero-order valence-electron chi connectivity index (χ0n) is 9.33. The molecule has 0 saturated carbocycles. The van der Waals surface area contributed by atoms with Crippen molar-refractivity contribution in [3.63, 3.8) is 0 Å². The third-order valence-electron chi connectivity index (χ3n) is 2.38. The molecule has 0 radical (unpaired) electrons. The smallest absolute Gasteiger partial charge is 0.101 e. The van der Waals surface area contributed by atoms with Crippen molar-refractivity contribution < 1.29 is 0 Å². The first-order chi connectivity index (χ1) is 8.19. The van der Waals surface area contributed by atoms with Gasteiger partial charge < -0.3 is 5.32 Å². The summed E-state index contributed by atoms with van der Waals surface area (Å²) < 4.78 is 1.12. The highest BCUT2D eigenvalue weighted by Crippen LogP contribution is 2.24. The minimum atomic E-state index is 0.695. The number of hydrogen-bond acceptors (Lipinski definition) is 3. The number of nitrogens with one attached hydrogen (secondary N) is 1. The Hall–Kier alpha value is -1.31.